The Labute approximate surface area is 154 Å². The summed E-state index contributed by atoms with van der Waals surface area (Å²) in [5.41, 5.74) is 0. The molecule has 0 bridgehead atoms. The van der Waals surface area contributed by atoms with Crippen molar-refractivity contribution >= 4 is 38.7 Å². The molecular weight excluding hydrogens is 382 g/mol. The second kappa shape index (κ2) is 7.43. The van der Waals surface area contributed by atoms with E-state index in [1.165, 1.54) is 47.9 Å². The zero-order chi connectivity index (χ0) is 17.9. The summed E-state index contributed by atoms with van der Waals surface area (Å²) >= 11 is 7.17. The van der Waals surface area contributed by atoms with Gasteiger partial charge in [0.25, 0.3) is 5.91 Å². The smallest absolute Gasteiger partial charge is 0.287 e. The first-order valence-electron chi connectivity index (χ1n) is 7.33. The first kappa shape index (κ1) is 17.7. The lowest BCUT2D eigenvalue weighted by atomic mass is 10.3. The average molecular weight is 396 g/mol. The maximum absolute atomic E-state index is 13.0. The van der Waals surface area contributed by atoms with Gasteiger partial charge in [-0.05, 0) is 47.8 Å². The Hall–Kier alpha value is -2.09. The summed E-state index contributed by atoms with van der Waals surface area (Å²) in [4.78, 5) is 12.9. The normalized spacial score (nSPS) is 12.7. The van der Waals surface area contributed by atoms with Crippen LogP contribution in [-0.4, -0.2) is 20.9 Å². The molecule has 1 aromatic carbocycles. The van der Waals surface area contributed by atoms with Crippen LogP contribution in [-0.2, 0) is 9.84 Å². The molecule has 2 aromatic heterocycles. The molecule has 2 heterocycles. The first-order valence-corrected chi connectivity index (χ1v) is 10.1. The number of rotatable bonds is 6. The predicted molar refractivity (Wildman–Crippen MR) is 96.7 cm³/mol. The lowest BCUT2D eigenvalue weighted by Gasteiger charge is -2.17. The number of amides is 1. The Balaban J connectivity index is 1.87. The van der Waals surface area contributed by atoms with Gasteiger partial charge in [0, 0.05) is 16.4 Å². The molecular formula is C17H14ClNO4S2. The number of sulfone groups is 1. The van der Waals surface area contributed by atoms with Crippen molar-refractivity contribution < 1.29 is 17.6 Å². The zero-order valence-electron chi connectivity index (χ0n) is 12.9. The third-order valence-corrected chi connectivity index (χ3v) is 7.06. The minimum Gasteiger partial charge on any atom is -0.459 e. The highest BCUT2D eigenvalue weighted by molar-refractivity contribution is 7.91. The number of benzene rings is 1. The van der Waals surface area contributed by atoms with E-state index in [1.54, 1.807) is 23.6 Å². The first-order chi connectivity index (χ1) is 12.0. The molecule has 25 heavy (non-hydrogen) atoms. The third-order valence-electron chi connectivity index (χ3n) is 3.57. The number of carbonyl (C=O) groups is 1. The van der Waals surface area contributed by atoms with Crippen LogP contribution in [0.1, 0.15) is 20.7 Å². The third kappa shape index (κ3) is 3.95. The second-order valence-corrected chi connectivity index (χ2v) is 8.74. The van der Waals surface area contributed by atoms with Gasteiger partial charge in [0.05, 0.1) is 11.2 Å². The molecule has 130 valence electrons. The van der Waals surface area contributed by atoms with Gasteiger partial charge in [-0.1, -0.05) is 17.7 Å². The average Bonchev–Trinajstić information content (AvgIpc) is 3.29. The number of hydrogen-bond donors (Lipinski definition) is 1. The quantitative estimate of drug-likeness (QED) is 0.685. The topological polar surface area (TPSA) is 76.4 Å². The van der Waals surface area contributed by atoms with Crippen LogP contribution in [0.3, 0.4) is 0 Å². The second-order valence-electron chi connectivity index (χ2n) is 5.19. The molecule has 0 spiro atoms. The fourth-order valence-corrected chi connectivity index (χ4v) is 5.22. The lowest BCUT2D eigenvalue weighted by Crippen LogP contribution is -2.31. The molecule has 0 aliphatic heterocycles. The SMILES string of the molecule is O=C(NC[C@@H](c1cccs1)S(=O)(=O)c1ccc(Cl)cc1)c1ccco1. The van der Waals surface area contributed by atoms with Crippen LogP contribution >= 0.6 is 22.9 Å². The fourth-order valence-electron chi connectivity index (χ4n) is 2.31. The molecule has 3 aromatic rings. The Morgan fingerprint density at radius 3 is 2.52 bits per heavy atom. The Morgan fingerprint density at radius 1 is 1.16 bits per heavy atom. The van der Waals surface area contributed by atoms with Gasteiger partial charge in [-0.15, -0.1) is 11.3 Å². The van der Waals surface area contributed by atoms with Crippen molar-refractivity contribution in [3.05, 3.63) is 75.8 Å². The molecule has 3 rings (SSSR count). The van der Waals surface area contributed by atoms with Crippen molar-refractivity contribution in [2.24, 2.45) is 0 Å². The Morgan fingerprint density at radius 2 is 1.92 bits per heavy atom. The van der Waals surface area contributed by atoms with E-state index in [0.717, 1.165) is 0 Å². The van der Waals surface area contributed by atoms with E-state index in [4.69, 9.17) is 16.0 Å². The molecule has 0 saturated carbocycles. The maximum atomic E-state index is 13.0. The number of carbonyl (C=O) groups excluding carboxylic acids is 1. The van der Waals surface area contributed by atoms with E-state index < -0.39 is 21.0 Å². The highest BCUT2D eigenvalue weighted by Gasteiger charge is 2.30. The number of thiophene rings is 1. The van der Waals surface area contributed by atoms with Crippen molar-refractivity contribution in [3.8, 4) is 0 Å². The number of nitrogens with one attached hydrogen (secondary N) is 1. The van der Waals surface area contributed by atoms with Gasteiger partial charge in [-0.3, -0.25) is 4.79 Å². The largest absolute Gasteiger partial charge is 0.459 e. The summed E-state index contributed by atoms with van der Waals surface area (Å²) < 4.78 is 31.1. The van der Waals surface area contributed by atoms with E-state index >= 15 is 0 Å². The van der Waals surface area contributed by atoms with Gasteiger partial charge in [0.1, 0.15) is 5.25 Å². The minimum atomic E-state index is -3.70. The van der Waals surface area contributed by atoms with E-state index in [0.29, 0.717) is 9.90 Å². The van der Waals surface area contributed by atoms with E-state index in [2.05, 4.69) is 5.32 Å². The molecule has 0 radical (unpaired) electrons. The summed E-state index contributed by atoms with van der Waals surface area (Å²) in [5.74, 6) is -0.327. The van der Waals surface area contributed by atoms with Crippen molar-refractivity contribution in [3.63, 3.8) is 0 Å². The van der Waals surface area contributed by atoms with E-state index in [9.17, 15) is 13.2 Å². The predicted octanol–water partition coefficient (Wildman–Crippen LogP) is 3.94. The number of furan rings is 1. The summed E-state index contributed by atoms with van der Waals surface area (Å²) in [7, 11) is -3.70. The van der Waals surface area contributed by atoms with Crippen LogP contribution in [0.25, 0.3) is 0 Å². The minimum absolute atomic E-state index is 0.0645. The fraction of sp³-hybridized carbons (Fsp3) is 0.118. The monoisotopic (exact) mass is 395 g/mol. The van der Waals surface area contributed by atoms with Gasteiger partial charge in [0.2, 0.25) is 0 Å². The summed E-state index contributed by atoms with van der Waals surface area (Å²) in [6.45, 7) is -0.0645. The van der Waals surface area contributed by atoms with Crippen LogP contribution in [0.2, 0.25) is 5.02 Å². The standard InChI is InChI=1S/C17H14ClNO4S2/c18-12-5-7-13(8-6-12)25(21,22)16(15-4-2-10-24-15)11-19-17(20)14-3-1-9-23-14/h1-10,16H,11H2,(H,19,20)/t16-/m0/s1. The lowest BCUT2D eigenvalue weighted by molar-refractivity contribution is 0.0926. The van der Waals surface area contributed by atoms with Crippen LogP contribution in [0.15, 0.2) is 69.5 Å². The van der Waals surface area contributed by atoms with Crippen LogP contribution < -0.4 is 5.32 Å². The number of hydrogen-bond acceptors (Lipinski definition) is 5. The summed E-state index contributed by atoms with van der Waals surface area (Å²) in [6, 6.07) is 12.6. The molecule has 8 heteroatoms. The van der Waals surface area contributed by atoms with Crippen molar-refractivity contribution in [2.45, 2.75) is 10.1 Å². The Kier molecular flexibility index (Phi) is 5.27. The molecule has 5 nitrogen and oxygen atoms in total. The highest BCUT2D eigenvalue weighted by atomic mass is 35.5. The van der Waals surface area contributed by atoms with Crippen LogP contribution in [0.5, 0.6) is 0 Å². The molecule has 1 amide bonds. The molecule has 0 saturated heterocycles. The number of halogens is 1. The summed E-state index contributed by atoms with van der Waals surface area (Å²) in [5, 5.41) is 3.99. The van der Waals surface area contributed by atoms with E-state index in [1.807, 2.05) is 0 Å². The Bertz CT molecular complexity index is 933. The zero-order valence-corrected chi connectivity index (χ0v) is 15.3. The van der Waals surface area contributed by atoms with Crippen molar-refractivity contribution in [1.29, 1.82) is 0 Å². The highest BCUT2D eigenvalue weighted by Crippen LogP contribution is 2.32. The van der Waals surface area contributed by atoms with Gasteiger partial charge in [-0.25, -0.2) is 8.42 Å². The van der Waals surface area contributed by atoms with Gasteiger partial charge in [-0.2, -0.15) is 0 Å². The van der Waals surface area contributed by atoms with E-state index in [-0.39, 0.29) is 17.2 Å². The molecule has 0 fully saturated rings. The van der Waals surface area contributed by atoms with Gasteiger partial charge in [0.15, 0.2) is 15.6 Å². The van der Waals surface area contributed by atoms with Crippen molar-refractivity contribution in [1.82, 2.24) is 5.32 Å². The van der Waals surface area contributed by atoms with Gasteiger partial charge < -0.3 is 9.73 Å². The van der Waals surface area contributed by atoms with Crippen molar-refractivity contribution in [2.75, 3.05) is 6.54 Å². The molecule has 0 aliphatic rings. The van der Waals surface area contributed by atoms with Crippen LogP contribution in [0.4, 0.5) is 0 Å². The molecule has 0 aliphatic carbocycles. The molecule has 0 unspecified atom stereocenters. The van der Waals surface area contributed by atoms with Gasteiger partial charge >= 0.3 is 0 Å². The molecule has 1 N–H and O–H groups in total. The summed E-state index contributed by atoms with van der Waals surface area (Å²) in [6.07, 6.45) is 1.39. The maximum Gasteiger partial charge on any atom is 0.287 e. The molecule has 1 atom stereocenters. The van der Waals surface area contributed by atoms with Crippen LogP contribution in [0, 0.1) is 0 Å².